The average Bonchev–Trinajstić information content (AvgIpc) is 2.37. The molecule has 1 saturated carbocycles. The van der Waals surface area contributed by atoms with E-state index in [2.05, 4.69) is 17.1 Å². The molecule has 0 spiro atoms. The van der Waals surface area contributed by atoms with Crippen molar-refractivity contribution in [3.8, 4) is 0 Å². The lowest BCUT2D eigenvalue weighted by atomic mass is 9.83. The number of carbonyl (C=O) groups excluding carboxylic acids is 1. The number of carbonyl (C=O) groups is 1. The molecule has 0 bridgehead atoms. The fourth-order valence-corrected chi connectivity index (χ4v) is 2.50. The molecule has 0 N–H and O–H groups in total. The summed E-state index contributed by atoms with van der Waals surface area (Å²) in [4.78, 5) is 11.7. The van der Waals surface area contributed by atoms with Crippen molar-refractivity contribution >= 4 is 17.6 Å². The Bertz CT molecular complexity index is 408. The van der Waals surface area contributed by atoms with Crippen LogP contribution in [0.15, 0.2) is 12.1 Å². The smallest absolute Gasteiger partial charge is 0.358 e. The minimum Gasteiger partial charge on any atom is -0.461 e. The minimum atomic E-state index is -0.419. The largest absolute Gasteiger partial charge is 0.461 e. The van der Waals surface area contributed by atoms with Crippen molar-refractivity contribution in [2.45, 2.75) is 32.6 Å². The maximum Gasteiger partial charge on any atom is 0.358 e. The van der Waals surface area contributed by atoms with E-state index in [1.54, 1.807) is 0 Å². The van der Waals surface area contributed by atoms with Crippen LogP contribution in [0, 0.1) is 11.8 Å². The lowest BCUT2D eigenvalue weighted by Crippen LogP contribution is -2.20. The van der Waals surface area contributed by atoms with Crippen LogP contribution in [0.5, 0.6) is 0 Å². The first-order chi connectivity index (χ1) is 8.65. The van der Waals surface area contributed by atoms with E-state index in [0.717, 1.165) is 18.8 Å². The van der Waals surface area contributed by atoms with E-state index in [-0.39, 0.29) is 10.8 Å². The molecule has 1 aromatic rings. The van der Waals surface area contributed by atoms with Crippen LogP contribution in [0.2, 0.25) is 5.15 Å². The van der Waals surface area contributed by atoms with Gasteiger partial charge >= 0.3 is 5.97 Å². The van der Waals surface area contributed by atoms with Gasteiger partial charge in [0, 0.05) is 0 Å². The molecular formula is C13H17ClN2O2. The standard InChI is InChI=1S/C13H17ClN2O2/c1-9-3-2-4-10(7-9)8-18-13(17)11-5-6-12(14)16-15-11/h5-6,9-10H,2-4,7-8H2,1H3. The van der Waals surface area contributed by atoms with Gasteiger partial charge in [-0.25, -0.2) is 4.79 Å². The molecule has 0 aromatic carbocycles. The van der Waals surface area contributed by atoms with Crippen LogP contribution in [0.3, 0.4) is 0 Å². The van der Waals surface area contributed by atoms with E-state index in [4.69, 9.17) is 16.3 Å². The molecule has 0 amide bonds. The molecule has 2 rings (SSSR count). The summed E-state index contributed by atoms with van der Waals surface area (Å²) in [6.07, 6.45) is 4.79. The monoisotopic (exact) mass is 268 g/mol. The molecule has 0 radical (unpaired) electrons. The molecule has 2 atom stereocenters. The van der Waals surface area contributed by atoms with Crippen molar-refractivity contribution in [3.05, 3.63) is 23.0 Å². The van der Waals surface area contributed by atoms with E-state index in [1.807, 2.05) is 0 Å². The Morgan fingerprint density at radius 1 is 1.44 bits per heavy atom. The summed E-state index contributed by atoms with van der Waals surface area (Å²) < 4.78 is 5.27. The summed E-state index contributed by atoms with van der Waals surface area (Å²) in [5.74, 6) is 0.799. The third-order valence-electron chi connectivity index (χ3n) is 3.34. The first-order valence-electron chi connectivity index (χ1n) is 6.31. The number of rotatable bonds is 3. The molecule has 1 fully saturated rings. The fraction of sp³-hybridized carbons (Fsp3) is 0.615. The van der Waals surface area contributed by atoms with Crippen molar-refractivity contribution in [2.75, 3.05) is 6.61 Å². The van der Waals surface area contributed by atoms with Gasteiger partial charge in [0.15, 0.2) is 10.8 Å². The quantitative estimate of drug-likeness (QED) is 0.791. The number of ether oxygens (including phenoxy) is 1. The van der Waals surface area contributed by atoms with E-state index in [1.165, 1.54) is 25.0 Å². The second kappa shape index (κ2) is 6.14. The highest BCUT2D eigenvalue weighted by molar-refractivity contribution is 6.29. The van der Waals surface area contributed by atoms with Gasteiger partial charge in [-0.05, 0) is 36.8 Å². The maximum absolute atomic E-state index is 11.7. The van der Waals surface area contributed by atoms with Crippen LogP contribution in [0.1, 0.15) is 43.1 Å². The molecule has 18 heavy (non-hydrogen) atoms. The maximum atomic E-state index is 11.7. The number of aromatic nitrogens is 2. The molecular weight excluding hydrogens is 252 g/mol. The molecule has 5 heteroatoms. The summed E-state index contributed by atoms with van der Waals surface area (Å²) in [5.41, 5.74) is 0.211. The average molecular weight is 269 g/mol. The zero-order chi connectivity index (χ0) is 13.0. The molecule has 2 unspecified atom stereocenters. The van der Waals surface area contributed by atoms with Crippen LogP contribution >= 0.6 is 11.6 Å². The highest BCUT2D eigenvalue weighted by Gasteiger charge is 2.20. The van der Waals surface area contributed by atoms with Crippen LogP contribution in [0.4, 0.5) is 0 Å². The Morgan fingerprint density at radius 3 is 2.94 bits per heavy atom. The second-order valence-electron chi connectivity index (χ2n) is 4.98. The lowest BCUT2D eigenvalue weighted by molar-refractivity contribution is 0.0382. The molecule has 1 aromatic heterocycles. The third-order valence-corrected chi connectivity index (χ3v) is 3.54. The number of esters is 1. The van der Waals surface area contributed by atoms with Gasteiger partial charge in [-0.1, -0.05) is 31.4 Å². The van der Waals surface area contributed by atoms with Gasteiger partial charge in [0.25, 0.3) is 0 Å². The van der Waals surface area contributed by atoms with Crippen LogP contribution in [0.25, 0.3) is 0 Å². The predicted octanol–water partition coefficient (Wildman–Crippen LogP) is 3.11. The van der Waals surface area contributed by atoms with Crippen LogP contribution in [-0.2, 0) is 4.74 Å². The molecule has 0 saturated heterocycles. The Hall–Kier alpha value is -1.16. The van der Waals surface area contributed by atoms with Crippen molar-refractivity contribution in [2.24, 2.45) is 11.8 Å². The predicted molar refractivity (Wildman–Crippen MR) is 68.4 cm³/mol. The van der Waals surface area contributed by atoms with Crippen molar-refractivity contribution in [3.63, 3.8) is 0 Å². The van der Waals surface area contributed by atoms with Crippen molar-refractivity contribution in [1.29, 1.82) is 0 Å². The number of hydrogen-bond donors (Lipinski definition) is 0. The first kappa shape index (κ1) is 13.3. The van der Waals surface area contributed by atoms with Gasteiger partial charge in [-0.15, -0.1) is 10.2 Å². The summed E-state index contributed by atoms with van der Waals surface area (Å²) in [6, 6.07) is 3.06. The number of hydrogen-bond acceptors (Lipinski definition) is 4. The Labute approximate surface area is 112 Å². The molecule has 1 heterocycles. The number of halogens is 1. The van der Waals surface area contributed by atoms with Gasteiger partial charge in [-0.2, -0.15) is 0 Å². The summed E-state index contributed by atoms with van der Waals surface area (Å²) >= 11 is 5.61. The third kappa shape index (κ3) is 3.67. The molecule has 98 valence electrons. The van der Waals surface area contributed by atoms with Gasteiger partial charge in [0.1, 0.15) is 0 Å². The first-order valence-corrected chi connectivity index (χ1v) is 6.69. The summed E-state index contributed by atoms with van der Waals surface area (Å²) in [5, 5.41) is 7.59. The molecule has 4 nitrogen and oxygen atoms in total. The molecule has 1 aliphatic carbocycles. The van der Waals surface area contributed by atoms with Crippen molar-refractivity contribution in [1.82, 2.24) is 10.2 Å². The van der Waals surface area contributed by atoms with Gasteiger partial charge < -0.3 is 4.74 Å². The van der Waals surface area contributed by atoms with Crippen LogP contribution < -0.4 is 0 Å². The van der Waals surface area contributed by atoms with E-state index in [9.17, 15) is 4.79 Å². The summed E-state index contributed by atoms with van der Waals surface area (Å²) in [6.45, 7) is 2.73. The minimum absolute atomic E-state index is 0.211. The Morgan fingerprint density at radius 2 is 2.28 bits per heavy atom. The Balaban J connectivity index is 1.82. The fourth-order valence-electron chi connectivity index (χ4n) is 2.40. The highest BCUT2D eigenvalue weighted by atomic mass is 35.5. The Kier molecular flexibility index (Phi) is 4.53. The molecule has 0 aliphatic heterocycles. The van der Waals surface area contributed by atoms with Gasteiger partial charge in [-0.3, -0.25) is 0 Å². The number of nitrogens with zero attached hydrogens (tertiary/aromatic N) is 2. The van der Waals surface area contributed by atoms with E-state index >= 15 is 0 Å². The normalized spacial score (nSPS) is 23.7. The van der Waals surface area contributed by atoms with Gasteiger partial charge in [0.05, 0.1) is 6.61 Å². The zero-order valence-electron chi connectivity index (χ0n) is 10.4. The SMILES string of the molecule is CC1CCCC(COC(=O)c2ccc(Cl)nn2)C1. The summed E-state index contributed by atoms with van der Waals surface area (Å²) in [7, 11) is 0. The second-order valence-corrected chi connectivity index (χ2v) is 5.36. The molecule has 1 aliphatic rings. The lowest BCUT2D eigenvalue weighted by Gasteiger charge is -2.26. The zero-order valence-corrected chi connectivity index (χ0v) is 11.2. The van der Waals surface area contributed by atoms with E-state index < -0.39 is 5.97 Å². The van der Waals surface area contributed by atoms with Crippen LogP contribution in [-0.4, -0.2) is 22.8 Å². The topological polar surface area (TPSA) is 52.1 Å². The van der Waals surface area contributed by atoms with E-state index in [0.29, 0.717) is 12.5 Å². The highest BCUT2D eigenvalue weighted by Crippen LogP contribution is 2.28. The van der Waals surface area contributed by atoms with Gasteiger partial charge in [0.2, 0.25) is 0 Å². The van der Waals surface area contributed by atoms with Crippen molar-refractivity contribution < 1.29 is 9.53 Å².